The number of nitrogens with one attached hydrogen (secondary N) is 1. The quantitative estimate of drug-likeness (QED) is 0.125. The molecule has 0 atom stereocenters. The third-order valence-electron chi connectivity index (χ3n) is 6.70. The smallest absolute Gasteiger partial charge is 0.295 e. The summed E-state index contributed by atoms with van der Waals surface area (Å²) in [6, 6.07) is 22.0. The number of rotatable bonds is 13. The van der Waals surface area contributed by atoms with Gasteiger partial charge in [-0.25, -0.2) is 0 Å². The Labute approximate surface area is 237 Å². The number of nitrogens with zero attached hydrogens (tertiary/aromatic N) is 3. The molecule has 0 saturated heterocycles. The lowest BCUT2D eigenvalue weighted by molar-refractivity contribution is 0.275. The molecule has 4 aromatic carbocycles. The van der Waals surface area contributed by atoms with E-state index in [0.717, 1.165) is 48.3 Å². The van der Waals surface area contributed by atoms with Gasteiger partial charge < -0.3 is 10.2 Å². The Kier molecular flexibility index (Phi) is 11.2. The average molecular weight is 569 g/mol. The summed E-state index contributed by atoms with van der Waals surface area (Å²) in [5, 5.41) is 15.7. The van der Waals surface area contributed by atoms with Gasteiger partial charge in [0, 0.05) is 40.3 Å². The molecule has 4 rings (SSSR count). The number of unbranched alkanes of at least 4 members (excludes halogenated alkanes) is 2. The normalized spacial score (nSPS) is 11.9. The van der Waals surface area contributed by atoms with Crippen LogP contribution in [0.15, 0.2) is 87.9 Å². The van der Waals surface area contributed by atoms with Crippen LogP contribution in [0.5, 0.6) is 0 Å². The van der Waals surface area contributed by atoms with Crippen molar-refractivity contribution in [2.45, 2.75) is 44.4 Å². The molecule has 0 radical (unpaired) electrons. The Morgan fingerprint density at radius 2 is 1.23 bits per heavy atom. The fraction of sp³-hybridized carbons (Fsp3) is 0.333. The van der Waals surface area contributed by atoms with E-state index in [0.29, 0.717) is 16.5 Å². The van der Waals surface area contributed by atoms with Crippen LogP contribution in [0.25, 0.3) is 21.5 Å². The second-order valence-electron chi connectivity index (χ2n) is 9.46. The minimum atomic E-state index is -4.35. The van der Waals surface area contributed by atoms with Gasteiger partial charge in [0.2, 0.25) is 0 Å². The summed E-state index contributed by atoms with van der Waals surface area (Å²) in [5.41, 5.74) is 2.31. The van der Waals surface area contributed by atoms with Crippen molar-refractivity contribution in [3.63, 3.8) is 0 Å². The maximum Gasteiger partial charge on any atom is 0.295 e. The Morgan fingerprint density at radius 3 is 1.79 bits per heavy atom. The fourth-order valence-electron chi connectivity index (χ4n) is 4.65. The molecular weight excluding hydrogens is 532 g/mol. The van der Waals surface area contributed by atoms with Gasteiger partial charge in [-0.15, -0.1) is 22.6 Å². The number of benzene rings is 4. The Bertz CT molecular complexity index is 1520. The summed E-state index contributed by atoms with van der Waals surface area (Å²) in [7, 11) is -4.35. The fourth-order valence-corrected chi connectivity index (χ4v) is 5.34. The molecule has 0 bridgehead atoms. The summed E-state index contributed by atoms with van der Waals surface area (Å²) in [6.45, 7) is 8.61. The molecule has 7 nitrogen and oxygen atoms in total. The average Bonchev–Trinajstić information content (AvgIpc) is 2.92. The van der Waals surface area contributed by atoms with E-state index >= 15 is 0 Å². The van der Waals surface area contributed by atoms with Gasteiger partial charge in [0.15, 0.2) is 0 Å². The number of anilines is 1. The first kappa shape index (κ1) is 30.5. The maximum atomic E-state index is 11.8. The first-order valence-electron chi connectivity index (χ1n) is 13.3. The molecule has 9 heteroatoms. The van der Waals surface area contributed by atoms with Gasteiger partial charge in [-0.1, -0.05) is 75.2 Å². The molecule has 0 unspecified atom stereocenters. The van der Waals surface area contributed by atoms with Gasteiger partial charge in [-0.2, -0.15) is 8.42 Å². The topological polar surface area (TPSA) is 94.4 Å². The van der Waals surface area contributed by atoms with Crippen molar-refractivity contribution in [3.8, 4) is 0 Å². The van der Waals surface area contributed by atoms with E-state index in [9.17, 15) is 13.0 Å². The molecule has 0 fully saturated rings. The van der Waals surface area contributed by atoms with Crippen LogP contribution >= 0.6 is 12.4 Å². The Morgan fingerprint density at radius 1 is 0.718 bits per heavy atom. The van der Waals surface area contributed by atoms with Gasteiger partial charge in [0.1, 0.15) is 4.90 Å². The predicted molar refractivity (Wildman–Crippen MR) is 164 cm³/mol. The van der Waals surface area contributed by atoms with Crippen molar-refractivity contribution < 1.29 is 13.0 Å². The number of fused-ring (bicyclic) bond motifs is 2. The second kappa shape index (κ2) is 14.4. The predicted octanol–water partition coefficient (Wildman–Crippen LogP) is 8.39. The molecule has 0 heterocycles. The van der Waals surface area contributed by atoms with E-state index in [2.05, 4.69) is 40.4 Å². The van der Waals surface area contributed by atoms with E-state index in [1.54, 1.807) is 30.3 Å². The summed E-state index contributed by atoms with van der Waals surface area (Å²) in [6.07, 6.45) is 4.86. The molecule has 0 aliphatic rings. The van der Waals surface area contributed by atoms with Crippen LogP contribution < -0.4 is 5.32 Å². The summed E-state index contributed by atoms with van der Waals surface area (Å²) >= 11 is 0. The molecule has 0 aliphatic carbocycles. The van der Waals surface area contributed by atoms with Crippen LogP contribution in [0.2, 0.25) is 0 Å². The van der Waals surface area contributed by atoms with Crippen molar-refractivity contribution >= 4 is 61.1 Å². The molecule has 0 spiro atoms. The number of halogens is 1. The lowest BCUT2D eigenvalue weighted by Gasteiger charge is -2.22. The van der Waals surface area contributed by atoms with Crippen molar-refractivity contribution in [1.82, 2.24) is 4.90 Å². The van der Waals surface area contributed by atoms with Gasteiger partial charge in [-0.05, 0) is 50.2 Å². The maximum absolute atomic E-state index is 11.8. The molecule has 39 heavy (non-hydrogen) atoms. The molecule has 0 saturated carbocycles. The van der Waals surface area contributed by atoms with E-state index in [-0.39, 0.29) is 17.3 Å². The van der Waals surface area contributed by atoms with E-state index in [1.807, 2.05) is 30.3 Å². The summed E-state index contributed by atoms with van der Waals surface area (Å²) < 4.78 is 33.2. The number of azo groups is 1. The van der Waals surface area contributed by atoms with Crippen molar-refractivity contribution in [2.75, 3.05) is 31.5 Å². The molecule has 0 aliphatic heterocycles. The third kappa shape index (κ3) is 7.76. The van der Waals surface area contributed by atoms with E-state index in [1.165, 1.54) is 31.7 Å². The molecule has 0 aromatic heterocycles. The van der Waals surface area contributed by atoms with Crippen LogP contribution in [0.3, 0.4) is 0 Å². The first-order valence-corrected chi connectivity index (χ1v) is 14.7. The number of hydrogen-bond acceptors (Lipinski definition) is 6. The molecular formula is C30H37ClN4O3S. The monoisotopic (exact) mass is 568 g/mol. The van der Waals surface area contributed by atoms with Crippen LogP contribution in [-0.2, 0) is 10.1 Å². The highest BCUT2D eigenvalue weighted by atomic mass is 35.5. The highest BCUT2D eigenvalue weighted by molar-refractivity contribution is 7.86. The standard InChI is InChI=1S/C30H36N4O3S.ClH/c1-3-5-20-34(21-6-4-2)22-19-31-27-15-16-28(24-12-8-7-11-23(24)27)32-33-29-17-18-30(38(35,36)37)26-14-10-9-13-25(26)29;/h7-18,31H,3-6,19-22H2,1-2H3,(H,35,36,37);1H. The van der Waals surface area contributed by atoms with Crippen molar-refractivity contribution in [3.05, 3.63) is 72.8 Å². The van der Waals surface area contributed by atoms with Crippen LogP contribution in [0, 0.1) is 0 Å². The van der Waals surface area contributed by atoms with Crippen LogP contribution in [0.1, 0.15) is 39.5 Å². The minimum absolute atomic E-state index is 0. The zero-order chi connectivity index (χ0) is 27.0. The van der Waals surface area contributed by atoms with Gasteiger partial charge >= 0.3 is 0 Å². The zero-order valence-corrected chi connectivity index (χ0v) is 24.1. The lowest BCUT2D eigenvalue weighted by Crippen LogP contribution is -2.31. The largest absolute Gasteiger partial charge is 0.383 e. The molecule has 208 valence electrons. The van der Waals surface area contributed by atoms with Crippen LogP contribution in [0.4, 0.5) is 17.1 Å². The Hall–Kier alpha value is -3.04. The van der Waals surface area contributed by atoms with Gasteiger partial charge in [-0.3, -0.25) is 4.55 Å². The van der Waals surface area contributed by atoms with Crippen molar-refractivity contribution in [1.29, 1.82) is 0 Å². The highest BCUT2D eigenvalue weighted by Crippen LogP contribution is 2.35. The summed E-state index contributed by atoms with van der Waals surface area (Å²) in [5.74, 6) is 0. The second-order valence-corrected chi connectivity index (χ2v) is 10.8. The zero-order valence-electron chi connectivity index (χ0n) is 22.5. The van der Waals surface area contributed by atoms with Gasteiger partial charge in [0.25, 0.3) is 10.1 Å². The van der Waals surface area contributed by atoms with Gasteiger partial charge in [0.05, 0.1) is 11.4 Å². The Balaban J connectivity index is 0.00000420. The molecule has 2 N–H and O–H groups in total. The van der Waals surface area contributed by atoms with E-state index < -0.39 is 10.1 Å². The third-order valence-corrected chi connectivity index (χ3v) is 7.62. The SMILES string of the molecule is CCCCN(CCCC)CCNc1ccc(N=Nc2ccc(S(=O)(=O)O)c3ccccc23)c2ccccc12.Cl. The van der Waals surface area contributed by atoms with Crippen molar-refractivity contribution in [2.24, 2.45) is 10.2 Å². The first-order chi connectivity index (χ1) is 18.4. The lowest BCUT2D eigenvalue weighted by atomic mass is 10.1. The highest BCUT2D eigenvalue weighted by Gasteiger charge is 2.15. The summed E-state index contributed by atoms with van der Waals surface area (Å²) in [4.78, 5) is 2.40. The van der Waals surface area contributed by atoms with Crippen LogP contribution in [-0.4, -0.2) is 44.0 Å². The van der Waals surface area contributed by atoms with E-state index in [4.69, 9.17) is 0 Å². The molecule has 0 amide bonds. The minimum Gasteiger partial charge on any atom is -0.383 e. The number of hydrogen-bond donors (Lipinski definition) is 2. The molecule has 4 aromatic rings.